The number of aromatic amines is 1. The van der Waals surface area contributed by atoms with Crippen LogP contribution >= 0.6 is 0 Å². The second-order valence-electron chi connectivity index (χ2n) is 5.51. The predicted molar refractivity (Wildman–Crippen MR) is 92.3 cm³/mol. The van der Waals surface area contributed by atoms with Crippen molar-refractivity contribution in [2.45, 2.75) is 6.92 Å². The van der Waals surface area contributed by atoms with Crippen molar-refractivity contribution < 1.29 is 4.79 Å². The molecule has 0 saturated heterocycles. The lowest BCUT2D eigenvalue weighted by Crippen LogP contribution is -2.14. The van der Waals surface area contributed by atoms with Crippen LogP contribution in [0.1, 0.15) is 16.1 Å². The summed E-state index contributed by atoms with van der Waals surface area (Å²) < 4.78 is 1.74. The first-order chi connectivity index (χ1) is 11.7. The van der Waals surface area contributed by atoms with E-state index in [2.05, 4.69) is 20.6 Å². The van der Waals surface area contributed by atoms with Crippen molar-refractivity contribution in [1.29, 1.82) is 0 Å². The number of hydrogen-bond donors (Lipinski definition) is 2. The number of nitrogens with zero attached hydrogens (tertiary/aromatic N) is 3. The van der Waals surface area contributed by atoms with E-state index in [1.807, 2.05) is 67.7 Å². The summed E-state index contributed by atoms with van der Waals surface area (Å²) in [5, 5.41) is 15.1. The van der Waals surface area contributed by atoms with Crippen LogP contribution in [0.3, 0.4) is 0 Å². The third kappa shape index (κ3) is 2.44. The number of carbonyl (C=O) groups excluding carboxylic acids is 1. The molecule has 24 heavy (non-hydrogen) atoms. The lowest BCUT2D eigenvalue weighted by Gasteiger charge is -2.02. The molecular weight excluding hydrogens is 302 g/mol. The summed E-state index contributed by atoms with van der Waals surface area (Å²) in [6.45, 7) is 1.91. The van der Waals surface area contributed by atoms with E-state index in [1.165, 1.54) is 0 Å². The zero-order chi connectivity index (χ0) is 16.5. The number of para-hydroxylation sites is 2. The second-order valence-corrected chi connectivity index (χ2v) is 5.51. The van der Waals surface area contributed by atoms with Crippen LogP contribution in [0.15, 0.2) is 60.8 Å². The van der Waals surface area contributed by atoms with Crippen molar-refractivity contribution in [1.82, 2.24) is 20.0 Å². The maximum atomic E-state index is 12.5. The molecular formula is C18H15N5O. The average Bonchev–Trinajstić information content (AvgIpc) is 3.20. The molecule has 6 heteroatoms. The van der Waals surface area contributed by atoms with Gasteiger partial charge < -0.3 is 5.32 Å². The van der Waals surface area contributed by atoms with Crippen molar-refractivity contribution in [2.75, 3.05) is 5.32 Å². The minimum Gasteiger partial charge on any atom is -0.303 e. The van der Waals surface area contributed by atoms with E-state index in [0.717, 1.165) is 22.2 Å². The predicted octanol–water partition coefficient (Wildman–Crippen LogP) is 3.31. The van der Waals surface area contributed by atoms with Crippen LogP contribution in [-0.2, 0) is 0 Å². The standard InChI is InChI=1S/C18H15N5O/c1-12-11-23(13-7-3-2-4-8-13)22-17(12)19-18(24)16-14-9-5-6-10-15(14)20-21-16/h2-11H,1H3,(H,20,21)(H,19,22,24). The molecule has 2 aromatic carbocycles. The van der Waals surface area contributed by atoms with Gasteiger partial charge in [-0.05, 0) is 25.1 Å². The van der Waals surface area contributed by atoms with Gasteiger partial charge in [0.1, 0.15) is 0 Å². The highest BCUT2D eigenvalue weighted by Crippen LogP contribution is 2.19. The van der Waals surface area contributed by atoms with E-state index in [-0.39, 0.29) is 5.91 Å². The summed E-state index contributed by atoms with van der Waals surface area (Å²) in [7, 11) is 0. The number of nitrogens with one attached hydrogen (secondary N) is 2. The molecule has 1 amide bonds. The van der Waals surface area contributed by atoms with E-state index < -0.39 is 0 Å². The third-order valence-corrected chi connectivity index (χ3v) is 3.84. The first-order valence-corrected chi connectivity index (χ1v) is 7.58. The van der Waals surface area contributed by atoms with Crippen molar-refractivity contribution in [3.8, 4) is 5.69 Å². The van der Waals surface area contributed by atoms with E-state index in [9.17, 15) is 4.79 Å². The quantitative estimate of drug-likeness (QED) is 0.608. The summed E-state index contributed by atoms with van der Waals surface area (Å²) in [5.74, 6) is 0.241. The van der Waals surface area contributed by atoms with Crippen molar-refractivity contribution >= 4 is 22.6 Å². The van der Waals surface area contributed by atoms with E-state index in [0.29, 0.717) is 11.5 Å². The normalized spacial score (nSPS) is 10.9. The molecule has 2 aromatic heterocycles. The highest BCUT2D eigenvalue weighted by atomic mass is 16.2. The van der Waals surface area contributed by atoms with Gasteiger partial charge in [-0.1, -0.05) is 36.4 Å². The summed E-state index contributed by atoms with van der Waals surface area (Å²) >= 11 is 0. The monoisotopic (exact) mass is 317 g/mol. The number of aromatic nitrogens is 4. The molecule has 118 valence electrons. The molecule has 0 atom stereocenters. The molecule has 0 saturated carbocycles. The number of amides is 1. The smallest absolute Gasteiger partial charge is 0.278 e. The Hall–Kier alpha value is -3.41. The highest BCUT2D eigenvalue weighted by molar-refractivity contribution is 6.10. The van der Waals surface area contributed by atoms with Crippen LogP contribution in [0.2, 0.25) is 0 Å². The Balaban J connectivity index is 1.64. The Morgan fingerprint density at radius 1 is 1.08 bits per heavy atom. The van der Waals surface area contributed by atoms with Gasteiger partial charge in [0.15, 0.2) is 11.5 Å². The number of carbonyl (C=O) groups is 1. The van der Waals surface area contributed by atoms with Crippen molar-refractivity contribution in [2.24, 2.45) is 0 Å². The van der Waals surface area contributed by atoms with Crippen LogP contribution < -0.4 is 5.32 Å². The topological polar surface area (TPSA) is 75.6 Å². The Morgan fingerprint density at radius 3 is 2.67 bits per heavy atom. The van der Waals surface area contributed by atoms with Gasteiger partial charge in [-0.15, -0.1) is 5.10 Å². The maximum Gasteiger partial charge on any atom is 0.278 e. The molecule has 0 aliphatic heterocycles. The summed E-state index contributed by atoms with van der Waals surface area (Å²) in [5.41, 5.74) is 3.01. The Kier molecular flexibility index (Phi) is 3.35. The van der Waals surface area contributed by atoms with Gasteiger partial charge in [-0.3, -0.25) is 9.89 Å². The zero-order valence-electron chi connectivity index (χ0n) is 13.0. The number of anilines is 1. The Morgan fingerprint density at radius 2 is 1.83 bits per heavy atom. The fraction of sp³-hybridized carbons (Fsp3) is 0.0556. The lowest BCUT2D eigenvalue weighted by atomic mass is 10.2. The van der Waals surface area contributed by atoms with E-state index >= 15 is 0 Å². The summed E-state index contributed by atoms with van der Waals surface area (Å²) in [6.07, 6.45) is 1.88. The fourth-order valence-electron chi connectivity index (χ4n) is 2.60. The molecule has 0 radical (unpaired) electrons. The minimum atomic E-state index is -0.283. The first-order valence-electron chi connectivity index (χ1n) is 7.58. The van der Waals surface area contributed by atoms with Crippen LogP contribution in [0.5, 0.6) is 0 Å². The minimum absolute atomic E-state index is 0.283. The molecule has 0 aliphatic rings. The second kappa shape index (κ2) is 5.66. The van der Waals surface area contributed by atoms with Crippen molar-refractivity contribution in [3.63, 3.8) is 0 Å². The van der Waals surface area contributed by atoms with Crippen LogP contribution in [0.4, 0.5) is 5.82 Å². The third-order valence-electron chi connectivity index (χ3n) is 3.84. The van der Waals surface area contributed by atoms with Gasteiger partial charge in [-0.2, -0.15) is 5.10 Å². The SMILES string of the molecule is Cc1cn(-c2ccccc2)nc1NC(=O)c1n[nH]c2ccccc12. The molecule has 4 aromatic rings. The number of H-pyrrole nitrogens is 1. The van der Waals surface area contributed by atoms with E-state index in [1.54, 1.807) is 4.68 Å². The molecule has 2 N–H and O–H groups in total. The lowest BCUT2D eigenvalue weighted by molar-refractivity contribution is 0.102. The summed E-state index contributed by atoms with van der Waals surface area (Å²) in [4.78, 5) is 12.5. The summed E-state index contributed by atoms with van der Waals surface area (Å²) in [6, 6.07) is 17.3. The van der Waals surface area contributed by atoms with Gasteiger partial charge in [0.2, 0.25) is 0 Å². The van der Waals surface area contributed by atoms with Crippen LogP contribution in [0, 0.1) is 6.92 Å². The number of aryl methyl sites for hydroxylation is 1. The molecule has 0 aliphatic carbocycles. The maximum absolute atomic E-state index is 12.5. The van der Waals surface area contributed by atoms with Crippen molar-refractivity contribution in [3.05, 3.63) is 72.1 Å². The molecule has 4 rings (SSSR count). The van der Waals surface area contributed by atoms with Gasteiger partial charge >= 0.3 is 0 Å². The molecule has 0 fully saturated rings. The number of rotatable bonds is 3. The average molecular weight is 317 g/mol. The largest absolute Gasteiger partial charge is 0.303 e. The molecule has 0 unspecified atom stereocenters. The zero-order valence-corrected chi connectivity index (χ0v) is 13.0. The molecule has 0 spiro atoms. The van der Waals surface area contributed by atoms with Gasteiger partial charge in [0.25, 0.3) is 5.91 Å². The van der Waals surface area contributed by atoms with E-state index in [4.69, 9.17) is 0 Å². The Labute approximate surface area is 138 Å². The highest BCUT2D eigenvalue weighted by Gasteiger charge is 2.16. The Bertz CT molecular complexity index is 1020. The number of benzene rings is 2. The number of fused-ring (bicyclic) bond motifs is 1. The molecule has 0 bridgehead atoms. The first kappa shape index (κ1) is 14.2. The van der Waals surface area contributed by atoms with Crippen LogP contribution in [-0.4, -0.2) is 25.9 Å². The van der Waals surface area contributed by atoms with Gasteiger partial charge in [0.05, 0.1) is 11.2 Å². The van der Waals surface area contributed by atoms with Gasteiger partial charge in [-0.25, -0.2) is 4.68 Å². The van der Waals surface area contributed by atoms with Gasteiger partial charge in [0, 0.05) is 17.1 Å². The molecule has 6 nitrogen and oxygen atoms in total. The van der Waals surface area contributed by atoms with Crippen LogP contribution in [0.25, 0.3) is 16.6 Å². The molecule has 2 heterocycles. The number of hydrogen-bond acceptors (Lipinski definition) is 3. The fourth-order valence-corrected chi connectivity index (χ4v) is 2.60.